The van der Waals surface area contributed by atoms with E-state index in [0.29, 0.717) is 5.56 Å². The summed E-state index contributed by atoms with van der Waals surface area (Å²) in [4.78, 5) is 3.76. The molecule has 0 saturated heterocycles. The highest BCUT2D eigenvalue weighted by molar-refractivity contribution is 5.85. The highest BCUT2D eigenvalue weighted by atomic mass is 35.5. The van der Waals surface area contributed by atoms with Gasteiger partial charge in [-0.25, -0.2) is 8.78 Å². The molecule has 0 bridgehead atoms. The minimum atomic E-state index is -2.35. The van der Waals surface area contributed by atoms with Gasteiger partial charge in [0.2, 0.25) is 6.43 Å². The van der Waals surface area contributed by atoms with Crippen molar-refractivity contribution < 1.29 is 8.78 Å². The summed E-state index contributed by atoms with van der Waals surface area (Å²) in [5.74, 6) is 0. The summed E-state index contributed by atoms with van der Waals surface area (Å²) >= 11 is 0. The number of aromatic nitrogens is 1. The molecule has 0 aliphatic carbocycles. The Morgan fingerprint density at radius 1 is 1.31 bits per heavy atom. The molecule has 74 valence electrons. The molecular formula is C8H11ClF2N2. The van der Waals surface area contributed by atoms with Crippen LogP contribution in [0.2, 0.25) is 0 Å². The van der Waals surface area contributed by atoms with E-state index in [-0.39, 0.29) is 18.8 Å². The van der Waals surface area contributed by atoms with Crippen molar-refractivity contribution in [2.75, 3.05) is 0 Å². The molecule has 0 aliphatic heterocycles. The van der Waals surface area contributed by atoms with E-state index in [1.54, 1.807) is 24.5 Å². The zero-order chi connectivity index (χ0) is 8.97. The molecule has 0 saturated carbocycles. The molecule has 0 aliphatic rings. The summed E-state index contributed by atoms with van der Waals surface area (Å²) < 4.78 is 23.8. The normalized spacial score (nSPS) is 12.3. The second-order valence-electron chi connectivity index (χ2n) is 2.51. The summed E-state index contributed by atoms with van der Waals surface area (Å²) in [5.41, 5.74) is 6.19. The zero-order valence-corrected chi connectivity index (χ0v) is 7.68. The van der Waals surface area contributed by atoms with Crippen molar-refractivity contribution in [3.05, 3.63) is 30.1 Å². The molecule has 0 aromatic carbocycles. The van der Waals surface area contributed by atoms with Crippen LogP contribution in [0.25, 0.3) is 0 Å². The third-order valence-electron chi connectivity index (χ3n) is 1.57. The molecule has 13 heavy (non-hydrogen) atoms. The number of hydrogen-bond donors (Lipinski definition) is 1. The Balaban J connectivity index is 0.00000144. The summed E-state index contributed by atoms with van der Waals surface area (Å²) in [5, 5.41) is 0. The Hall–Kier alpha value is -0.740. The van der Waals surface area contributed by atoms with Gasteiger partial charge in [0, 0.05) is 24.9 Å². The van der Waals surface area contributed by atoms with Crippen LogP contribution in [0.1, 0.15) is 18.0 Å². The van der Waals surface area contributed by atoms with Gasteiger partial charge in [0.25, 0.3) is 0 Å². The maximum absolute atomic E-state index is 11.9. The van der Waals surface area contributed by atoms with Gasteiger partial charge in [-0.2, -0.15) is 0 Å². The van der Waals surface area contributed by atoms with Gasteiger partial charge in [0.1, 0.15) is 0 Å². The van der Waals surface area contributed by atoms with Crippen molar-refractivity contribution >= 4 is 12.4 Å². The molecule has 1 aromatic heterocycles. The lowest BCUT2D eigenvalue weighted by molar-refractivity contribution is 0.128. The first kappa shape index (κ1) is 12.3. The molecule has 1 atom stereocenters. The fourth-order valence-electron chi connectivity index (χ4n) is 0.939. The monoisotopic (exact) mass is 208 g/mol. The van der Waals surface area contributed by atoms with Crippen LogP contribution in [0, 0.1) is 0 Å². The summed E-state index contributed by atoms with van der Waals surface area (Å²) in [6.45, 7) is 0. The average molecular weight is 209 g/mol. The van der Waals surface area contributed by atoms with Crippen molar-refractivity contribution in [2.45, 2.75) is 18.9 Å². The largest absolute Gasteiger partial charge is 0.324 e. The maximum atomic E-state index is 11.9. The van der Waals surface area contributed by atoms with Gasteiger partial charge in [0.05, 0.1) is 0 Å². The van der Waals surface area contributed by atoms with Crippen LogP contribution < -0.4 is 5.73 Å². The van der Waals surface area contributed by atoms with E-state index in [2.05, 4.69) is 4.98 Å². The van der Waals surface area contributed by atoms with Crippen LogP contribution in [0.4, 0.5) is 8.78 Å². The van der Waals surface area contributed by atoms with Gasteiger partial charge in [-0.1, -0.05) is 0 Å². The number of hydrogen-bond acceptors (Lipinski definition) is 2. The lowest BCUT2D eigenvalue weighted by Crippen LogP contribution is -2.13. The van der Waals surface area contributed by atoms with Crippen LogP contribution in [0.5, 0.6) is 0 Å². The summed E-state index contributed by atoms with van der Waals surface area (Å²) in [7, 11) is 0. The van der Waals surface area contributed by atoms with Crippen LogP contribution in [-0.2, 0) is 0 Å². The standard InChI is InChI=1S/C8H10F2N2.ClH/c9-8(10)5-7(11)6-1-3-12-4-2-6;/h1-4,7-8H,5,11H2;1H/t7-;/m1./s1. The molecule has 0 radical (unpaired) electrons. The van der Waals surface area contributed by atoms with Crippen LogP contribution in [-0.4, -0.2) is 11.4 Å². The van der Waals surface area contributed by atoms with E-state index in [9.17, 15) is 8.78 Å². The van der Waals surface area contributed by atoms with E-state index in [4.69, 9.17) is 5.73 Å². The minimum absolute atomic E-state index is 0. The SMILES string of the molecule is Cl.N[C@H](CC(F)F)c1ccncc1. The minimum Gasteiger partial charge on any atom is -0.324 e. The molecule has 2 N–H and O–H groups in total. The molecule has 1 aromatic rings. The van der Waals surface area contributed by atoms with Crippen LogP contribution >= 0.6 is 12.4 Å². The van der Waals surface area contributed by atoms with Crippen LogP contribution in [0.15, 0.2) is 24.5 Å². The van der Waals surface area contributed by atoms with Crippen LogP contribution in [0.3, 0.4) is 0 Å². The van der Waals surface area contributed by atoms with E-state index >= 15 is 0 Å². The first-order valence-corrected chi connectivity index (χ1v) is 3.64. The third kappa shape index (κ3) is 4.15. The Morgan fingerprint density at radius 2 is 1.85 bits per heavy atom. The van der Waals surface area contributed by atoms with E-state index in [1.807, 2.05) is 0 Å². The highest BCUT2D eigenvalue weighted by Gasteiger charge is 2.11. The van der Waals surface area contributed by atoms with Gasteiger partial charge >= 0.3 is 0 Å². The molecule has 0 spiro atoms. The number of rotatable bonds is 3. The first-order chi connectivity index (χ1) is 5.70. The molecule has 5 heteroatoms. The number of nitrogens with two attached hydrogens (primary N) is 1. The van der Waals surface area contributed by atoms with Gasteiger partial charge in [-0.05, 0) is 17.7 Å². The second-order valence-corrected chi connectivity index (χ2v) is 2.51. The third-order valence-corrected chi connectivity index (χ3v) is 1.57. The summed E-state index contributed by atoms with van der Waals surface area (Å²) in [6, 6.07) is 2.70. The molecule has 1 rings (SSSR count). The average Bonchev–Trinajstić information content (AvgIpc) is 2.05. The van der Waals surface area contributed by atoms with Gasteiger partial charge in [0.15, 0.2) is 0 Å². The van der Waals surface area contributed by atoms with Crippen molar-refractivity contribution in [1.82, 2.24) is 4.98 Å². The quantitative estimate of drug-likeness (QED) is 0.827. The molecule has 2 nitrogen and oxygen atoms in total. The number of alkyl halides is 2. The van der Waals surface area contributed by atoms with Crippen molar-refractivity contribution in [2.24, 2.45) is 5.73 Å². The summed E-state index contributed by atoms with van der Waals surface area (Å²) in [6.07, 6.45) is 0.430. The molecular weight excluding hydrogens is 198 g/mol. The Bertz CT molecular complexity index is 231. The highest BCUT2D eigenvalue weighted by Crippen LogP contribution is 2.16. The fourth-order valence-corrected chi connectivity index (χ4v) is 0.939. The van der Waals surface area contributed by atoms with Crippen molar-refractivity contribution in [3.63, 3.8) is 0 Å². The first-order valence-electron chi connectivity index (χ1n) is 3.64. The number of nitrogens with zero attached hydrogens (tertiary/aromatic N) is 1. The van der Waals surface area contributed by atoms with Crippen molar-refractivity contribution in [1.29, 1.82) is 0 Å². The smallest absolute Gasteiger partial charge is 0.240 e. The zero-order valence-electron chi connectivity index (χ0n) is 6.86. The Kier molecular flexibility index (Phi) is 5.50. The van der Waals surface area contributed by atoms with E-state index in [1.165, 1.54) is 0 Å². The molecule has 0 unspecified atom stereocenters. The number of pyridine rings is 1. The lowest BCUT2D eigenvalue weighted by Gasteiger charge is -2.09. The Morgan fingerprint density at radius 3 is 2.31 bits per heavy atom. The predicted octanol–water partition coefficient (Wildman–Crippen LogP) is 2.16. The second kappa shape index (κ2) is 5.83. The predicted molar refractivity (Wildman–Crippen MR) is 49.0 cm³/mol. The lowest BCUT2D eigenvalue weighted by atomic mass is 10.1. The van der Waals surface area contributed by atoms with E-state index in [0.717, 1.165) is 0 Å². The van der Waals surface area contributed by atoms with Gasteiger partial charge < -0.3 is 5.73 Å². The van der Waals surface area contributed by atoms with E-state index < -0.39 is 12.5 Å². The fraction of sp³-hybridized carbons (Fsp3) is 0.375. The Labute approximate surface area is 81.6 Å². The maximum Gasteiger partial charge on any atom is 0.240 e. The topological polar surface area (TPSA) is 38.9 Å². The van der Waals surface area contributed by atoms with Gasteiger partial charge in [-0.3, -0.25) is 4.98 Å². The molecule has 0 fully saturated rings. The van der Waals surface area contributed by atoms with Gasteiger partial charge in [-0.15, -0.1) is 12.4 Å². The molecule has 1 heterocycles. The van der Waals surface area contributed by atoms with Crippen molar-refractivity contribution in [3.8, 4) is 0 Å². The molecule has 0 amide bonds. The number of halogens is 3.